The van der Waals surface area contributed by atoms with Gasteiger partial charge in [-0.1, -0.05) is 33.6 Å². The third-order valence-electron chi connectivity index (χ3n) is 4.16. The SMILES string of the molecule is CCCOCC1CC(CC)CCC1CNCC. The van der Waals surface area contributed by atoms with Gasteiger partial charge < -0.3 is 10.1 Å². The molecule has 2 nitrogen and oxygen atoms in total. The Hall–Kier alpha value is -0.0800. The van der Waals surface area contributed by atoms with E-state index in [-0.39, 0.29) is 0 Å². The molecule has 0 aromatic carbocycles. The summed E-state index contributed by atoms with van der Waals surface area (Å²) in [5.74, 6) is 2.58. The van der Waals surface area contributed by atoms with Gasteiger partial charge in [-0.05, 0) is 50.1 Å². The molecular formula is C15H31NO. The van der Waals surface area contributed by atoms with E-state index in [1.807, 2.05) is 0 Å². The Balaban J connectivity index is 2.37. The fourth-order valence-electron chi connectivity index (χ4n) is 2.98. The van der Waals surface area contributed by atoms with Gasteiger partial charge in [-0.3, -0.25) is 0 Å². The van der Waals surface area contributed by atoms with Crippen molar-refractivity contribution in [2.75, 3.05) is 26.3 Å². The van der Waals surface area contributed by atoms with Crippen LogP contribution in [-0.2, 0) is 4.74 Å². The average Bonchev–Trinajstić information content (AvgIpc) is 2.37. The van der Waals surface area contributed by atoms with Crippen molar-refractivity contribution in [3.8, 4) is 0 Å². The van der Waals surface area contributed by atoms with Gasteiger partial charge in [-0.2, -0.15) is 0 Å². The second-order valence-corrected chi connectivity index (χ2v) is 5.49. The van der Waals surface area contributed by atoms with Gasteiger partial charge in [0.05, 0.1) is 0 Å². The Morgan fingerprint density at radius 1 is 1.12 bits per heavy atom. The summed E-state index contributed by atoms with van der Waals surface area (Å²) >= 11 is 0. The summed E-state index contributed by atoms with van der Waals surface area (Å²) in [6.45, 7) is 10.9. The monoisotopic (exact) mass is 241 g/mol. The highest BCUT2D eigenvalue weighted by Crippen LogP contribution is 2.35. The van der Waals surface area contributed by atoms with E-state index in [9.17, 15) is 0 Å². The molecule has 1 aliphatic carbocycles. The molecule has 0 bridgehead atoms. The molecule has 0 radical (unpaired) electrons. The number of ether oxygens (including phenoxy) is 1. The minimum Gasteiger partial charge on any atom is -0.381 e. The van der Waals surface area contributed by atoms with Crippen LogP contribution in [0.1, 0.15) is 52.9 Å². The van der Waals surface area contributed by atoms with Crippen LogP contribution in [-0.4, -0.2) is 26.3 Å². The van der Waals surface area contributed by atoms with Gasteiger partial charge in [0.15, 0.2) is 0 Å². The van der Waals surface area contributed by atoms with Crippen LogP contribution in [0, 0.1) is 17.8 Å². The molecule has 1 aliphatic rings. The lowest BCUT2D eigenvalue weighted by atomic mass is 9.73. The number of nitrogens with one attached hydrogen (secondary N) is 1. The first kappa shape index (κ1) is 15.0. The second-order valence-electron chi connectivity index (χ2n) is 5.49. The first-order valence-corrected chi connectivity index (χ1v) is 7.60. The van der Waals surface area contributed by atoms with Gasteiger partial charge in [0.25, 0.3) is 0 Å². The van der Waals surface area contributed by atoms with Gasteiger partial charge >= 0.3 is 0 Å². The highest BCUT2D eigenvalue weighted by Gasteiger charge is 2.29. The van der Waals surface area contributed by atoms with Crippen LogP contribution >= 0.6 is 0 Å². The fraction of sp³-hybridized carbons (Fsp3) is 1.00. The first-order valence-electron chi connectivity index (χ1n) is 7.60. The van der Waals surface area contributed by atoms with Crippen molar-refractivity contribution in [2.24, 2.45) is 17.8 Å². The molecule has 1 saturated carbocycles. The summed E-state index contributed by atoms with van der Waals surface area (Å²) in [5, 5.41) is 3.52. The lowest BCUT2D eigenvalue weighted by Crippen LogP contribution is -2.35. The van der Waals surface area contributed by atoms with Crippen LogP contribution in [0.15, 0.2) is 0 Å². The van der Waals surface area contributed by atoms with Crippen LogP contribution in [0.3, 0.4) is 0 Å². The maximum atomic E-state index is 5.80. The molecule has 102 valence electrons. The zero-order valence-corrected chi connectivity index (χ0v) is 12.0. The standard InChI is InChI=1S/C15H31NO/c1-4-9-17-12-15-10-13(5-2)7-8-14(15)11-16-6-3/h13-16H,4-12H2,1-3H3. The fourth-order valence-corrected chi connectivity index (χ4v) is 2.98. The van der Waals surface area contributed by atoms with E-state index < -0.39 is 0 Å². The van der Waals surface area contributed by atoms with Crippen molar-refractivity contribution in [2.45, 2.75) is 52.9 Å². The molecule has 0 aromatic rings. The first-order chi connectivity index (χ1) is 8.31. The molecule has 0 amide bonds. The second kappa shape index (κ2) is 8.93. The summed E-state index contributed by atoms with van der Waals surface area (Å²) in [6.07, 6.45) is 6.69. The molecular weight excluding hydrogens is 210 g/mol. The lowest BCUT2D eigenvalue weighted by molar-refractivity contribution is 0.0445. The zero-order valence-electron chi connectivity index (χ0n) is 12.0. The van der Waals surface area contributed by atoms with Gasteiger partial charge in [0.1, 0.15) is 0 Å². The molecule has 3 atom stereocenters. The minimum atomic E-state index is 0.791. The van der Waals surface area contributed by atoms with Crippen molar-refractivity contribution in [3.05, 3.63) is 0 Å². The molecule has 0 heterocycles. The van der Waals surface area contributed by atoms with E-state index in [4.69, 9.17) is 4.74 Å². The molecule has 3 unspecified atom stereocenters. The van der Waals surface area contributed by atoms with Crippen LogP contribution in [0.4, 0.5) is 0 Å². The summed E-state index contributed by atoms with van der Waals surface area (Å²) in [4.78, 5) is 0. The van der Waals surface area contributed by atoms with E-state index >= 15 is 0 Å². The van der Waals surface area contributed by atoms with E-state index in [0.717, 1.165) is 43.9 Å². The summed E-state index contributed by atoms with van der Waals surface area (Å²) < 4.78 is 5.80. The van der Waals surface area contributed by atoms with Gasteiger partial charge in [-0.15, -0.1) is 0 Å². The van der Waals surface area contributed by atoms with Gasteiger partial charge in [-0.25, -0.2) is 0 Å². The van der Waals surface area contributed by atoms with Gasteiger partial charge in [0.2, 0.25) is 0 Å². The lowest BCUT2D eigenvalue weighted by Gasteiger charge is -2.36. The molecule has 0 saturated heterocycles. The van der Waals surface area contributed by atoms with Crippen LogP contribution in [0.5, 0.6) is 0 Å². The van der Waals surface area contributed by atoms with Crippen molar-refractivity contribution < 1.29 is 4.74 Å². The van der Waals surface area contributed by atoms with E-state index in [2.05, 4.69) is 26.1 Å². The quantitative estimate of drug-likeness (QED) is 0.657. The maximum absolute atomic E-state index is 5.80. The minimum absolute atomic E-state index is 0.791. The smallest absolute Gasteiger partial charge is 0.0497 e. The molecule has 0 spiro atoms. The zero-order chi connectivity index (χ0) is 12.5. The topological polar surface area (TPSA) is 21.3 Å². The highest BCUT2D eigenvalue weighted by molar-refractivity contribution is 4.81. The van der Waals surface area contributed by atoms with Crippen LogP contribution in [0.25, 0.3) is 0 Å². The molecule has 1 rings (SSSR count). The van der Waals surface area contributed by atoms with E-state index in [1.165, 1.54) is 32.2 Å². The Bertz CT molecular complexity index is 184. The molecule has 0 aliphatic heterocycles. The highest BCUT2D eigenvalue weighted by atomic mass is 16.5. The Morgan fingerprint density at radius 2 is 1.94 bits per heavy atom. The van der Waals surface area contributed by atoms with Crippen molar-refractivity contribution >= 4 is 0 Å². The Kier molecular flexibility index (Phi) is 7.87. The summed E-state index contributed by atoms with van der Waals surface area (Å²) in [6, 6.07) is 0. The van der Waals surface area contributed by atoms with Gasteiger partial charge in [0, 0.05) is 13.2 Å². The number of hydrogen-bond donors (Lipinski definition) is 1. The van der Waals surface area contributed by atoms with E-state index in [0.29, 0.717) is 0 Å². The summed E-state index contributed by atoms with van der Waals surface area (Å²) in [5.41, 5.74) is 0. The largest absolute Gasteiger partial charge is 0.381 e. The molecule has 2 heteroatoms. The molecule has 1 N–H and O–H groups in total. The molecule has 1 fully saturated rings. The van der Waals surface area contributed by atoms with Crippen molar-refractivity contribution in [3.63, 3.8) is 0 Å². The third-order valence-corrected chi connectivity index (χ3v) is 4.16. The average molecular weight is 241 g/mol. The number of rotatable bonds is 8. The Morgan fingerprint density at radius 3 is 2.59 bits per heavy atom. The normalized spacial score (nSPS) is 29.5. The predicted molar refractivity (Wildman–Crippen MR) is 74.3 cm³/mol. The van der Waals surface area contributed by atoms with E-state index in [1.54, 1.807) is 0 Å². The molecule has 17 heavy (non-hydrogen) atoms. The van der Waals surface area contributed by atoms with Crippen LogP contribution < -0.4 is 5.32 Å². The molecule has 0 aromatic heterocycles. The van der Waals surface area contributed by atoms with Crippen molar-refractivity contribution in [1.29, 1.82) is 0 Å². The number of hydrogen-bond acceptors (Lipinski definition) is 2. The Labute approximate surface area is 108 Å². The predicted octanol–water partition coefficient (Wildman–Crippen LogP) is 3.47. The third kappa shape index (κ3) is 5.39. The summed E-state index contributed by atoms with van der Waals surface area (Å²) in [7, 11) is 0. The van der Waals surface area contributed by atoms with Crippen molar-refractivity contribution in [1.82, 2.24) is 5.32 Å². The van der Waals surface area contributed by atoms with Crippen LogP contribution in [0.2, 0.25) is 0 Å². The maximum Gasteiger partial charge on any atom is 0.0497 e.